The van der Waals surface area contributed by atoms with Gasteiger partial charge in [-0.2, -0.15) is 4.98 Å². The number of nitrogens with zero attached hydrogens (tertiary/aromatic N) is 3. The summed E-state index contributed by atoms with van der Waals surface area (Å²) in [6.07, 6.45) is 7.57. The molecule has 0 N–H and O–H groups in total. The Labute approximate surface area is 158 Å². The lowest BCUT2D eigenvalue weighted by atomic mass is 9.81. The van der Waals surface area contributed by atoms with Crippen molar-refractivity contribution in [2.75, 3.05) is 13.1 Å². The van der Waals surface area contributed by atoms with Crippen molar-refractivity contribution in [1.29, 1.82) is 0 Å². The fourth-order valence-electron chi connectivity index (χ4n) is 4.19. The Bertz CT molecular complexity index is 711. The molecule has 0 aromatic carbocycles. The number of thiophene rings is 1. The van der Waals surface area contributed by atoms with Gasteiger partial charge in [-0.1, -0.05) is 31.0 Å². The molecule has 26 heavy (non-hydrogen) atoms. The number of hydrogen-bond donors (Lipinski definition) is 0. The van der Waals surface area contributed by atoms with Crippen LogP contribution in [0.25, 0.3) is 10.7 Å². The first-order valence-electron chi connectivity index (χ1n) is 9.84. The molecule has 2 aliphatic rings. The molecule has 0 bridgehead atoms. The molecule has 0 radical (unpaired) electrons. The van der Waals surface area contributed by atoms with Crippen LogP contribution >= 0.6 is 11.3 Å². The molecular formula is C20H27N3O2S. The molecule has 1 amide bonds. The van der Waals surface area contributed by atoms with E-state index in [1.807, 2.05) is 22.4 Å². The number of hydrogen-bond acceptors (Lipinski definition) is 5. The van der Waals surface area contributed by atoms with Gasteiger partial charge in [-0.15, -0.1) is 11.3 Å². The molecule has 1 aliphatic heterocycles. The van der Waals surface area contributed by atoms with E-state index in [9.17, 15) is 4.79 Å². The maximum absolute atomic E-state index is 12.6. The molecule has 2 aromatic heterocycles. The summed E-state index contributed by atoms with van der Waals surface area (Å²) in [7, 11) is 0. The van der Waals surface area contributed by atoms with E-state index < -0.39 is 0 Å². The van der Waals surface area contributed by atoms with Gasteiger partial charge in [0, 0.05) is 25.4 Å². The maximum Gasteiger partial charge on any atom is 0.230 e. The van der Waals surface area contributed by atoms with Crippen molar-refractivity contribution in [3.63, 3.8) is 0 Å². The molecule has 4 rings (SSSR count). The number of likely N-dealkylation sites (tertiary alicyclic amines) is 1. The molecule has 6 heteroatoms. The third-order valence-corrected chi connectivity index (χ3v) is 6.84. The first-order chi connectivity index (χ1) is 12.7. The molecule has 1 saturated heterocycles. The predicted octanol–water partition coefficient (Wildman–Crippen LogP) is 4.72. The van der Waals surface area contributed by atoms with Crippen LogP contribution in [0.1, 0.15) is 63.7 Å². The van der Waals surface area contributed by atoms with Gasteiger partial charge >= 0.3 is 0 Å². The molecule has 0 unspecified atom stereocenters. The van der Waals surface area contributed by atoms with Crippen LogP contribution < -0.4 is 0 Å². The summed E-state index contributed by atoms with van der Waals surface area (Å²) in [5.41, 5.74) is 0. The summed E-state index contributed by atoms with van der Waals surface area (Å²) in [6.45, 7) is 3.94. The van der Waals surface area contributed by atoms with Gasteiger partial charge in [0.1, 0.15) is 0 Å². The average molecular weight is 374 g/mol. The monoisotopic (exact) mass is 373 g/mol. The second-order valence-electron chi connectivity index (χ2n) is 7.92. The molecule has 5 nitrogen and oxygen atoms in total. The van der Waals surface area contributed by atoms with Crippen LogP contribution in [-0.2, 0) is 4.79 Å². The normalized spacial score (nSPS) is 24.7. The molecule has 0 atom stereocenters. The zero-order valence-corrected chi connectivity index (χ0v) is 16.2. The SMILES string of the molecule is CC1CCC(CC(=O)N2CCC(c3nc(-c4cccs4)no3)CC2)CC1. The number of amides is 1. The third-order valence-electron chi connectivity index (χ3n) is 5.98. The van der Waals surface area contributed by atoms with Crippen LogP contribution in [0.5, 0.6) is 0 Å². The Morgan fingerprint density at radius 1 is 1.23 bits per heavy atom. The summed E-state index contributed by atoms with van der Waals surface area (Å²) < 4.78 is 5.50. The zero-order chi connectivity index (χ0) is 17.9. The molecule has 1 aliphatic carbocycles. The van der Waals surface area contributed by atoms with Crippen molar-refractivity contribution in [2.24, 2.45) is 11.8 Å². The predicted molar refractivity (Wildman–Crippen MR) is 102 cm³/mol. The van der Waals surface area contributed by atoms with Crippen LogP contribution in [0.2, 0.25) is 0 Å². The number of carbonyl (C=O) groups is 1. The second kappa shape index (κ2) is 7.91. The fourth-order valence-corrected chi connectivity index (χ4v) is 4.84. The van der Waals surface area contributed by atoms with E-state index >= 15 is 0 Å². The van der Waals surface area contributed by atoms with Gasteiger partial charge in [0.2, 0.25) is 17.6 Å². The smallest absolute Gasteiger partial charge is 0.230 e. The van der Waals surface area contributed by atoms with Gasteiger partial charge in [0.05, 0.1) is 4.88 Å². The van der Waals surface area contributed by atoms with E-state index in [2.05, 4.69) is 17.1 Å². The van der Waals surface area contributed by atoms with Gasteiger partial charge in [-0.3, -0.25) is 4.79 Å². The summed E-state index contributed by atoms with van der Waals surface area (Å²) in [4.78, 5) is 20.3. The molecule has 2 fully saturated rings. The van der Waals surface area contributed by atoms with Crippen LogP contribution in [0.15, 0.2) is 22.0 Å². The lowest BCUT2D eigenvalue weighted by Gasteiger charge is -2.33. The summed E-state index contributed by atoms with van der Waals surface area (Å²) >= 11 is 1.62. The van der Waals surface area contributed by atoms with Crippen molar-refractivity contribution >= 4 is 17.2 Å². The lowest BCUT2D eigenvalue weighted by Crippen LogP contribution is -2.39. The van der Waals surface area contributed by atoms with Gasteiger partial charge in [-0.25, -0.2) is 0 Å². The van der Waals surface area contributed by atoms with Crippen LogP contribution in [-0.4, -0.2) is 34.0 Å². The van der Waals surface area contributed by atoms with E-state index in [1.54, 1.807) is 11.3 Å². The second-order valence-corrected chi connectivity index (χ2v) is 8.87. The average Bonchev–Trinajstić information content (AvgIpc) is 3.35. The standard InChI is InChI=1S/C20H27N3O2S/c1-14-4-6-15(7-5-14)13-18(24)23-10-8-16(9-11-23)20-21-19(22-25-20)17-3-2-12-26-17/h2-3,12,14-16H,4-11,13H2,1H3. The highest BCUT2D eigenvalue weighted by atomic mass is 32.1. The lowest BCUT2D eigenvalue weighted by molar-refractivity contribution is -0.133. The fraction of sp³-hybridized carbons (Fsp3) is 0.650. The van der Waals surface area contributed by atoms with Crippen molar-refractivity contribution in [2.45, 2.75) is 57.8 Å². The molecular weight excluding hydrogens is 346 g/mol. The molecule has 140 valence electrons. The van der Waals surface area contributed by atoms with Crippen LogP contribution in [0.3, 0.4) is 0 Å². The van der Waals surface area contributed by atoms with Gasteiger partial charge in [0.25, 0.3) is 0 Å². The number of carbonyl (C=O) groups excluding carboxylic acids is 1. The minimum atomic E-state index is 0.274. The Morgan fingerprint density at radius 2 is 2.00 bits per heavy atom. The first kappa shape index (κ1) is 17.7. The summed E-state index contributed by atoms with van der Waals surface area (Å²) in [5.74, 6) is 3.46. The summed E-state index contributed by atoms with van der Waals surface area (Å²) in [6, 6.07) is 4.00. The maximum atomic E-state index is 12.6. The van der Waals surface area contributed by atoms with E-state index in [4.69, 9.17) is 4.52 Å². The largest absolute Gasteiger partial charge is 0.343 e. The number of aromatic nitrogens is 2. The molecule has 3 heterocycles. The van der Waals surface area contributed by atoms with E-state index in [1.165, 1.54) is 25.7 Å². The first-order valence-corrected chi connectivity index (χ1v) is 10.7. The topological polar surface area (TPSA) is 59.2 Å². The number of piperidine rings is 1. The van der Waals surface area contributed by atoms with Gasteiger partial charge in [-0.05, 0) is 49.0 Å². The van der Waals surface area contributed by atoms with Crippen molar-refractivity contribution < 1.29 is 9.32 Å². The Hall–Kier alpha value is -1.69. The quantitative estimate of drug-likeness (QED) is 0.778. The Kier molecular flexibility index (Phi) is 5.38. The Balaban J connectivity index is 1.28. The molecule has 0 spiro atoms. The minimum Gasteiger partial charge on any atom is -0.343 e. The molecule has 1 saturated carbocycles. The Morgan fingerprint density at radius 3 is 2.69 bits per heavy atom. The summed E-state index contributed by atoms with van der Waals surface area (Å²) in [5, 5.41) is 6.13. The third kappa shape index (κ3) is 4.00. The van der Waals surface area contributed by atoms with E-state index in [-0.39, 0.29) is 5.92 Å². The number of rotatable bonds is 4. The highest BCUT2D eigenvalue weighted by molar-refractivity contribution is 7.13. The van der Waals surface area contributed by atoms with E-state index in [0.717, 1.165) is 49.0 Å². The van der Waals surface area contributed by atoms with Gasteiger partial charge < -0.3 is 9.42 Å². The highest BCUT2D eigenvalue weighted by Gasteiger charge is 2.29. The van der Waals surface area contributed by atoms with Crippen molar-refractivity contribution in [3.8, 4) is 10.7 Å². The van der Waals surface area contributed by atoms with E-state index in [0.29, 0.717) is 17.6 Å². The highest BCUT2D eigenvalue weighted by Crippen LogP contribution is 2.33. The van der Waals surface area contributed by atoms with Crippen LogP contribution in [0, 0.1) is 11.8 Å². The van der Waals surface area contributed by atoms with Crippen molar-refractivity contribution in [1.82, 2.24) is 15.0 Å². The van der Waals surface area contributed by atoms with Gasteiger partial charge in [0.15, 0.2) is 0 Å². The minimum absolute atomic E-state index is 0.274. The zero-order valence-electron chi connectivity index (χ0n) is 15.4. The molecule has 2 aromatic rings. The van der Waals surface area contributed by atoms with Crippen LogP contribution in [0.4, 0.5) is 0 Å². The van der Waals surface area contributed by atoms with Crippen molar-refractivity contribution in [3.05, 3.63) is 23.4 Å².